The predicted octanol–water partition coefficient (Wildman–Crippen LogP) is 4.90. The number of hydrogen-bond acceptors (Lipinski definition) is 2. The largest absolute Gasteiger partial charge is 0.459 e. The van der Waals surface area contributed by atoms with Crippen LogP contribution in [0.15, 0.2) is 0 Å². The number of carbonyl (C=O) groups is 1. The fourth-order valence-electron chi connectivity index (χ4n) is 1.15. The normalized spacial score (nSPS) is 14.4. The Kier molecular flexibility index (Phi) is 6.46. The molecule has 0 rings (SSSR count). The van der Waals surface area contributed by atoms with Gasteiger partial charge in [0.05, 0.1) is 6.42 Å². The lowest BCUT2D eigenvalue weighted by molar-refractivity contribution is -0.362. The molecule has 0 saturated heterocycles. The quantitative estimate of drug-likeness (QED) is 0.607. The third-order valence-corrected chi connectivity index (χ3v) is 3.33. The molecule has 0 heterocycles. The van der Waals surface area contributed by atoms with Crippen molar-refractivity contribution >= 4 is 16.9 Å². The average molecular weight is 350 g/mol. The van der Waals surface area contributed by atoms with Crippen molar-refractivity contribution in [1.29, 1.82) is 0 Å². The van der Waals surface area contributed by atoms with Crippen LogP contribution in [0.25, 0.3) is 0 Å². The van der Waals surface area contributed by atoms with Crippen molar-refractivity contribution < 1.29 is 44.3 Å². The smallest absolute Gasteiger partial charge is 0.287 e. The summed E-state index contributed by atoms with van der Waals surface area (Å²) in [7, 11) is 0. The van der Waals surface area contributed by atoms with Crippen molar-refractivity contribution in [3.05, 3.63) is 0 Å². The van der Waals surface area contributed by atoms with Gasteiger partial charge < -0.3 is 0 Å². The Bertz CT molecular complexity index is 364. The van der Waals surface area contributed by atoms with Crippen LogP contribution in [0.3, 0.4) is 0 Å². The van der Waals surface area contributed by atoms with E-state index in [0.29, 0.717) is 11.8 Å². The molecule has 1 nitrogen and oxygen atoms in total. The molecule has 0 aliphatic rings. The van der Waals surface area contributed by atoms with Crippen LogP contribution in [0.2, 0.25) is 0 Å². The second-order valence-electron chi connectivity index (χ2n) is 4.13. The first-order valence-electron chi connectivity index (χ1n) is 5.52. The molecule has 0 amide bonds. The number of rotatable bonds is 7. The molecule has 0 fully saturated rings. The standard InChI is InChI=1S/C10H11F9OS/c1-2-6(20)21-4-3-7(11,12)5-8(13,14)9(15,16)10(17,18)19/h2-5H2,1H3. The van der Waals surface area contributed by atoms with Gasteiger partial charge in [-0.1, -0.05) is 18.7 Å². The highest BCUT2D eigenvalue weighted by Gasteiger charge is 2.74. The van der Waals surface area contributed by atoms with Crippen molar-refractivity contribution in [2.24, 2.45) is 0 Å². The fraction of sp³-hybridized carbons (Fsp3) is 0.900. The number of carbonyl (C=O) groups excluding carboxylic acids is 1. The molecule has 0 atom stereocenters. The van der Waals surface area contributed by atoms with Crippen LogP contribution in [0.5, 0.6) is 0 Å². The van der Waals surface area contributed by atoms with Gasteiger partial charge in [-0.05, 0) is 0 Å². The van der Waals surface area contributed by atoms with Crippen molar-refractivity contribution in [2.45, 2.75) is 50.1 Å². The molecule has 0 saturated carbocycles. The maximum atomic E-state index is 13.1. The summed E-state index contributed by atoms with van der Waals surface area (Å²) < 4.78 is 112. The van der Waals surface area contributed by atoms with E-state index < -0.39 is 47.7 Å². The van der Waals surface area contributed by atoms with Crippen LogP contribution in [0, 0.1) is 0 Å². The number of alkyl halides is 9. The minimum absolute atomic E-state index is 0.0153. The van der Waals surface area contributed by atoms with E-state index in [1.807, 2.05) is 0 Å². The summed E-state index contributed by atoms with van der Waals surface area (Å²) >= 11 is 0.369. The van der Waals surface area contributed by atoms with Gasteiger partial charge in [0.2, 0.25) is 0 Å². The lowest BCUT2D eigenvalue weighted by Crippen LogP contribution is -2.54. The number of thioether (sulfide) groups is 1. The first-order valence-corrected chi connectivity index (χ1v) is 6.50. The molecule has 0 spiro atoms. The zero-order valence-corrected chi connectivity index (χ0v) is 11.4. The average Bonchev–Trinajstić information content (AvgIpc) is 2.25. The summed E-state index contributed by atoms with van der Waals surface area (Å²) in [6.45, 7) is 1.41. The van der Waals surface area contributed by atoms with E-state index in [4.69, 9.17) is 0 Å². The van der Waals surface area contributed by atoms with Crippen molar-refractivity contribution in [3.63, 3.8) is 0 Å². The molecule has 0 N–H and O–H groups in total. The Balaban J connectivity index is 4.79. The Labute approximate surface area is 118 Å². The minimum atomic E-state index is -6.64. The summed E-state index contributed by atoms with van der Waals surface area (Å²) in [5.41, 5.74) is 0. The Morgan fingerprint density at radius 3 is 1.81 bits per heavy atom. The van der Waals surface area contributed by atoms with Gasteiger partial charge in [-0.2, -0.15) is 30.7 Å². The van der Waals surface area contributed by atoms with Crippen LogP contribution in [0.4, 0.5) is 39.5 Å². The minimum Gasteiger partial charge on any atom is -0.287 e. The van der Waals surface area contributed by atoms with Crippen LogP contribution in [-0.2, 0) is 4.79 Å². The Hall–Kier alpha value is -0.610. The monoisotopic (exact) mass is 350 g/mol. The highest BCUT2D eigenvalue weighted by Crippen LogP contribution is 2.50. The van der Waals surface area contributed by atoms with Gasteiger partial charge in [0, 0.05) is 18.6 Å². The highest BCUT2D eigenvalue weighted by molar-refractivity contribution is 8.13. The topological polar surface area (TPSA) is 17.1 Å². The second-order valence-corrected chi connectivity index (χ2v) is 5.29. The highest BCUT2D eigenvalue weighted by atomic mass is 32.2. The van der Waals surface area contributed by atoms with Gasteiger partial charge in [0.25, 0.3) is 5.92 Å². The summed E-state index contributed by atoms with van der Waals surface area (Å²) in [5.74, 6) is -17.6. The second kappa shape index (κ2) is 6.66. The first-order chi connectivity index (χ1) is 9.16. The summed E-state index contributed by atoms with van der Waals surface area (Å²) in [6.07, 6.45) is -11.0. The molecule has 11 heteroatoms. The van der Waals surface area contributed by atoms with Gasteiger partial charge in [-0.15, -0.1) is 0 Å². The first kappa shape index (κ1) is 20.4. The SMILES string of the molecule is CCC(=O)SCCC(F)(F)CC(F)(F)C(F)(F)C(F)(F)F. The zero-order chi connectivity index (χ0) is 17.1. The maximum Gasteiger partial charge on any atom is 0.459 e. The van der Waals surface area contributed by atoms with Crippen LogP contribution < -0.4 is 0 Å². The molecule has 0 aromatic carbocycles. The maximum absolute atomic E-state index is 13.1. The van der Waals surface area contributed by atoms with E-state index in [9.17, 15) is 44.3 Å². The van der Waals surface area contributed by atoms with Gasteiger partial charge >= 0.3 is 18.0 Å². The Morgan fingerprint density at radius 1 is 0.952 bits per heavy atom. The van der Waals surface area contributed by atoms with Crippen molar-refractivity contribution in [2.75, 3.05) is 5.75 Å². The molecule has 0 bridgehead atoms. The molecular weight excluding hydrogens is 339 g/mol. The summed E-state index contributed by atoms with van der Waals surface area (Å²) in [4.78, 5) is 10.8. The van der Waals surface area contributed by atoms with Crippen molar-refractivity contribution in [1.82, 2.24) is 0 Å². The van der Waals surface area contributed by atoms with Crippen LogP contribution >= 0.6 is 11.8 Å². The summed E-state index contributed by atoms with van der Waals surface area (Å²) in [5, 5.41) is -0.529. The molecule has 0 aliphatic carbocycles. The summed E-state index contributed by atoms with van der Waals surface area (Å²) in [6, 6.07) is 0. The third-order valence-electron chi connectivity index (χ3n) is 2.32. The zero-order valence-electron chi connectivity index (χ0n) is 10.5. The molecule has 0 radical (unpaired) electrons. The lowest BCUT2D eigenvalue weighted by Gasteiger charge is -2.30. The van der Waals surface area contributed by atoms with Gasteiger partial charge in [-0.25, -0.2) is 8.78 Å². The van der Waals surface area contributed by atoms with E-state index in [2.05, 4.69) is 0 Å². The molecule has 21 heavy (non-hydrogen) atoms. The fourth-order valence-corrected chi connectivity index (χ4v) is 1.98. The molecule has 126 valence electrons. The Morgan fingerprint density at radius 2 is 1.43 bits per heavy atom. The lowest BCUT2D eigenvalue weighted by atomic mass is 10.0. The predicted molar refractivity (Wildman–Crippen MR) is 57.9 cm³/mol. The molecule has 0 aromatic heterocycles. The van der Waals surface area contributed by atoms with Crippen LogP contribution in [0.1, 0.15) is 26.2 Å². The molecular formula is C10H11F9OS. The van der Waals surface area contributed by atoms with E-state index in [0.717, 1.165) is 0 Å². The molecule has 0 aromatic rings. The molecule has 0 unspecified atom stereocenters. The molecule has 0 aliphatic heterocycles. The van der Waals surface area contributed by atoms with E-state index in [-0.39, 0.29) is 6.42 Å². The van der Waals surface area contributed by atoms with Crippen molar-refractivity contribution in [3.8, 4) is 0 Å². The van der Waals surface area contributed by atoms with E-state index in [1.165, 1.54) is 6.92 Å². The van der Waals surface area contributed by atoms with Gasteiger partial charge in [0.15, 0.2) is 5.12 Å². The number of hydrogen-bond donors (Lipinski definition) is 0. The third kappa shape index (κ3) is 5.59. The van der Waals surface area contributed by atoms with Gasteiger partial charge in [0.1, 0.15) is 0 Å². The van der Waals surface area contributed by atoms with Gasteiger partial charge in [-0.3, -0.25) is 4.79 Å². The van der Waals surface area contributed by atoms with Crippen LogP contribution in [-0.4, -0.2) is 34.8 Å². The number of halogens is 9. The van der Waals surface area contributed by atoms with E-state index in [1.54, 1.807) is 0 Å². The van der Waals surface area contributed by atoms with E-state index >= 15 is 0 Å².